The third-order valence-corrected chi connectivity index (χ3v) is 16.3. The van der Waals surface area contributed by atoms with E-state index in [0.717, 1.165) is 57.8 Å². The molecule has 0 aliphatic carbocycles. The van der Waals surface area contributed by atoms with Crippen molar-refractivity contribution in [1.82, 2.24) is 5.32 Å². The van der Waals surface area contributed by atoms with Gasteiger partial charge in [-0.1, -0.05) is 326 Å². The van der Waals surface area contributed by atoms with Crippen molar-refractivity contribution in [1.29, 1.82) is 0 Å². The van der Waals surface area contributed by atoms with Gasteiger partial charge in [0.1, 0.15) is 0 Å². The van der Waals surface area contributed by atoms with Crippen LogP contribution in [0.2, 0.25) is 0 Å². The van der Waals surface area contributed by atoms with Crippen molar-refractivity contribution in [2.75, 3.05) is 13.2 Å². The average Bonchev–Trinajstić information content (AvgIpc) is 3.45. The molecule has 0 aromatic heterocycles. The Labute approximate surface area is 493 Å². The van der Waals surface area contributed by atoms with Crippen LogP contribution in [-0.2, 0) is 14.3 Å². The van der Waals surface area contributed by atoms with Crippen molar-refractivity contribution in [3.63, 3.8) is 0 Å². The monoisotopic (exact) mass is 1110 g/mol. The summed E-state index contributed by atoms with van der Waals surface area (Å²) in [6, 6.07) is -0.636. The van der Waals surface area contributed by atoms with Crippen molar-refractivity contribution in [2.24, 2.45) is 0 Å². The van der Waals surface area contributed by atoms with Gasteiger partial charge < -0.3 is 20.3 Å². The van der Waals surface area contributed by atoms with Crippen LogP contribution in [0.4, 0.5) is 0 Å². The maximum Gasteiger partial charge on any atom is 0.305 e. The zero-order valence-electron chi connectivity index (χ0n) is 53.1. The van der Waals surface area contributed by atoms with Crippen LogP contribution < -0.4 is 5.32 Å². The van der Waals surface area contributed by atoms with Crippen molar-refractivity contribution < 1.29 is 24.5 Å². The largest absolute Gasteiger partial charge is 0.466 e. The van der Waals surface area contributed by atoms with Crippen LogP contribution in [0.1, 0.15) is 380 Å². The smallest absolute Gasteiger partial charge is 0.305 e. The van der Waals surface area contributed by atoms with Crippen LogP contribution in [-0.4, -0.2) is 47.4 Å². The van der Waals surface area contributed by atoms with Crippen LogP contribution in [0, 0.1) is 0 Å². The SMILES string of the molecule is CCCCCC/C=C\C/C=C\CCCCCCCC(=O)OCCCCCCCCCCCC/C=C\CCCCCCCCCC(=O)NC(CO)C(O)/C=C/CCCCCCCCCCCCCCCCCCCCCCCCC. The fourth-order valence-corrected chi connectivity index (χ4v) is 10.9. The molecule has 0 bridgehead atoms. The molecule has 0 radical (unpaired) electrons. The van der Waals surface area contributed by atoms with Crippen LogP contribution in [0.25, 0.3) is 0 Å². The zero-order chi connectivity index (χ0) is 57.1. The molecule has 0 aromatic carbocycles. The first-order chi connectivity index (χ1) is 39.0. The number of rotatable bonds is 66. The molecule has 3 N–H and O–H groups in total. The average molecular weight is 1110 g/mol. The van der Waals surface area contributed by atoms with Gasteiger partial charge in [-0.3, -0.25) is 9.59 Å². The third kappa shape index (κ3) is 64.8. The lowest BCUT2D eigenvalue weighted by Crippen LogP contribution is -2.45. The number of hydrogen-bond donors (Lipinski definition) is 3. The van der Waals surface area contributed by atoms with E-state index in [4.69, 9.17) is 4.74 Å². The van der Waals surface area contributed by atoms with E-state index in [9.17, 15) is 19.8 Å². The number of unbranched alkanes of at least 4 members (excludes halogenated alkanes) is 49. The van der Waals surface area contributed by atoms with E-state index in [1.54, 1.807) is 6.08 Å². The molecular weight excluding hydrogens is 971 g/mol. The van der Waals surface area contributed by atoms with E-state index < -0.39 is 12.1 Å². The highest BCUT2D eigenvalue weighted by atomic mass is 16.5. The topological polar surface area (TPSA) is 95.9 Å². The number of carbonyl (C=O) groups excluding carboxylic acids is 2. The van der Waals surface area contributed by atoms with Crippen LogP contribution in [0.3, 0.4) is 0 Å². The van der Waals surface area contributed by atoms with Gasteiger partial charge in [0.2, 0.25) is 5.91 Å². The molecule has 0 fully saturated rings. The summed E-state index contributed by atoms with van der Waals surface area (Å²) < 4.78 is 5.48. The van der Waals surface area contributed by atoms with Crippen LogP contribution >= 0.6 is 0 Å². The molecule has 0 aliphatic heterocycles. The van der Waals surface area contributed by atoms with Crippen molar-refractivity contribution in [3.8, 4) is 0 Å². The van der Waals surface area contributed by atoms with Gasteiger partial charge in [0.15, 0.2) is 0 Å². The molecule has 464 valence electrons. The highest BCUT2D eigenvalue weighted by Gasteiger charge is 2.18. The second-order valence-corrected chi connectivity index (χ2v) is 24.2. The number of amides is 1. The molecule has 0 heterocycles. The van der Waals surface area contributed by atoms with E-state index >= 15 is 0 Å². The highest BCUT2D eigenvalue weighted by molar-refractivity contribution is 5.76. The summed E-state index contributed by atoms with van der Waals surface area (Å²) in [5.74, 6) is -0.0782. The number of ether oxygens (including phenoxy) is 1. The molecule has 0 saturated heterocycles. The molecule has 79 heavy (non-hydrogen) atoms. The molecule has 6 heteroatoms. The summed E-state index contributed by atoms with van der Waals surface area (Å²) in [6.45, 7) is 4.90. The number of hydrogen-bond acceptors (Lipinski definition) is 5. The molecule has 2 unspecified atom stereocenters. The number of carbonyl (C=O) groups is 2. The minimum Gasteiger partial charge on any atom is -0.466 e. The maximum absolute atomic E-state index is 12.5. The lowest BCUT2D eigenvalue weighted by Gasteiger charge is -2.20. The first-order valence-corrected chi connectivity index (χ1v) is 35.4. The number of aliphatic hydroxyl groups excluding tert-OH is 2. The molecule has 0 spiro atoms. The Morgan fingerprint density at radius 2 is 0.633 bits per heavy atom. The molecular formula is C73H137NO5. The second-order valence-electron chi connectivity index (χ2n) is 24.2. The number of allylic oxidation sites excluding steroid dienone is 7. The minimum atomic E-state index is -0.852. The summed E-state index contributed by atoms with van der Waals surface area (Å²) in [4.78, 5) is 24.6. The van der Waals surface area contributed by atoms with Crippen molar-refractivity contribution in [3.05, 3.63) is 48.6 Å². The van der Waals surface area contributed by atoms with E-state index in [1.807, 2.05) is 6.08 Å². The van der Waals surface area contributed by atoms with Crippen molar-refractivity contribution >= 4 is 11.9 Å². The van der Waals surface area contributed by atoms with Gasteiger partial charge in [0, 0.05) is 12.8 Å². The fraction of sp³-hybridized carbons (Fsp3) is 0.863. The second kappa shape index (κ2) is 68.3. The molecule has 0 aliphatic rings. The number of nitrogens with one attached hydrogen (secondary N) is 1. The first kappa shape index (κ1) is 76.8. The van der Waals surface area contributed by atoms with Gasteiger partial charge in [-0.25, -0.2) is 0 Å². The Morgan fingerprint density at radius 1 is 0.354 bits per heavy atom. The predicted molar refractivity (Wildman–Crippen MR) is 347 cm³/mol. The van der Waals surface area contributed by atoms with E-state index in [-0.39, 0.29) is 18.5 Å². The Hall–Kier alpha value is -2.18. The van der Waals surface area contributed by atoms with Crippen molar-refractivity contribution in [2.45, 2.75) is 392 Å². The molecule has 2 atom stereocenters. The van der Waals surface area contributed by atoms with Gasteiger partial charge in [-0.2, -0.15) is 0 Å². The molecule has 0 saturated carbocycles. The van der Waals surface area contributed by atoms with Gasteiger partial charge in [0.05, 0.1) is 25.4 Å². The minimum absolute atomic E-state index is 0.00554. The predicted octanol–water partition coefficient (Wildman–Crippen LogP) is 22.9. The normalized spacial score (nSPS) is 12.8. The van der Waals surface area contributed by atoms with Crippen LogP contribution in [0.5, 0.6) is 0 Å². The standard InChI is InChI=1S/C73H137NO5/c1-3-5-7-9-11-13-15-17-19-21-22-23-24-25-26-28-31-34-37-41-45-49-53-57-61-65-71(76)70(69-75)74-72(77)66-62-58-54-50-46-42-38-35-32-29-27-30-33-36-40-44-48-52-56-60-64-68-79-73(78)67-63-59-55-51-47-43-39-20-18-16-14-12-10-8-6-4-2/h14,16,20,29,32,39,61,65,70-71,75-76H,3-13,15,17-19,21-28,30-31,33-38,40-60,62-64,66-69H2,1-2H3,(H,74,77)/b16-14-,32-29-,39-20-,65-61+. The lowest BCUT2D eigenvalue weighted by atomic mass is 10.0. The molecule has 6 nitrogen and oxygen atoms in total. The molecule has 1 amide bonds. The quantitative estimate of drug-likeness (QED) is 0.0320. The Bertz CT molecular complexity index is 1320. The maximum atomic E-state index is 12.5. The molecule has 0 aromatic rings. The van der Waals surface area contributed by atoms with Gasteiger partial charge in [0.25, 0.3) is 0 Å². The Kier molecular flexibility index (Phi) is 66.4. The van der Waals surface area contributed by atoms with E-state index in [2.05, 4.69) is 55.6 Å². The molecule has 0 rings (SSSR count). The fourth-order valence-electron chi connectivity index (χ4n) is 10.9. The summed E-state index contributed by atoms with van der Waals surface area (Å²) >= 11 is 0. The summed E-state index contributed by atoms with van der Waals surface area (Å²) in [7, 11) is 0. The Balaban J connectivity index is 3.46. The number of esters is 1. The van der Waals surface area contributed by atoms with E-state index in [1.165, 1.54) is 295 Å². The highest BCUT2D eigenvalue weighted by Crippen LogP contribution is 2.18. The van der Waals surface area contributed by atoms with Gasteiger partial charge in [-0.05, 0) is 89.9 Å². The van der Waals surface area contributed by atoms with E-state index in [0.29, 0.717) is 19.4 Å². The first-order valence-electron chi connectivity index (χ1n) is 35.4. The summed E-state index contributed by atoms with van der Waals surface area (Å²) in [5.41, 5.74) is 0. The summed E-state index contributed by atoms with van der Waals surface area (Å²) in [5, 5.41) is 23.3. The lowest BCUT2D eigenvalue weighted by molar-refractivity contribution is -0.143. The Morgan fingerprint density at radius 3 is 0.987 bits per heavy atom. The summed E-state index contributed by atoms with van der Waals surface area (Å²) in [6.07, 6.45) is 88.9. The zero-order valence-corrected chi connectivity index (χ0v) is 53.1. The van der Waals surface area contributed by atoms with Crippen LogP contribution in [0.15, 0.2) is 48.6 Å². The van der Waals surface area contributed by atoms with Gasteiger partial charge in [-0.15, -0.1) is 0 Å². The number of aliphatic hydroxyl groups is 2. The van der Waals surface area contributed by atoms with Gasteiger partial charge >= 0.3 is 5.97 Å². The third-order valence-electron chi connectivity index (χ3n) is 16.3.